The van der Waals surface area contributed by atoms with Gasteiger partial charge in [0.15, 0.2) is 0 Å². The Kier molecular flexibility index (Phi) is 7.96. The van der Waals surface area contributed by atoms with Gasteiger partial charge in [-0.25, -0.2) is 8.78 Å². The zero-order chi connectivity index (χ0) is 29.4. The molecular weight excluding hydrogens is 528 g/mol. The molecule has 2 fully saturated rings. The lowest BCUT2D eigenvalue weighted by atomic mass is 9.68. The molecule has 0 unspecified atom stereocenters. The average Bonchev–Trinajstić information content (AvgIpc) is 3.37. The van der Waals surface area contributed by atoms with Crippen LogP contribution in [-0.4, -0.2) is 56.4 Å². The van der Waals surface area contributed by atoms with Crippen LogP contribution >= 0.6 is 0 Å². The fourth-order valence-electron chi connectivity index (χ4n) is 6.44. The number of carbonyl (C=O) groups excluding carboxylic acids is 2. The number of hydrogen-bond acceptors (Lipinski definition) is 7. The van der Waals surface area contributed by atoms with Crippen molar-refractivity contribution in [2.45, 2.75) is 82.8 Å². The first kappa shape index (κ1) is 29.2. The predicted octanol–water partition coefficient (Wildman–Crippen LogP) is 5.91. The lowest BCUT2D eigenvalue weighted by molar-refractivity contribution is -0.128. The van der Waals surface area contributed by atoms with E-state index < -0.39 is 22.7 Å². The lowest BCUT2D eigenvalue weighted by Crippen LogP contribution is -2.62. The third-order valence-corrected chi connectivity index (χ3v) is 8.76. The summed E-state index contributed by atoms with van der Waals surface area (Å²) in [6.45, 7) is 7.14. The normalized spacial score (nSPS) is 22.7. The number of likely N-dealkylation sites (tertiary alicyclic amines) is 1. The van der Waals surface area contributed by atoms with Gasteiger partial charge in [-0.2, -0.15) is 4.98 Å². The van der Waals surface area contributed by atoms with Crippen LogP contribution in [0.15, 0.2) is 53.1 Å². The summed E-state index contributed by atoms with van der Waals surface area (Å²) in [4.78, 5) is 33.3. The van der Waals surface area contributed by atoms with E-state index in [4.69, 9.17) is 4.52 Å². The molecule has 0 amide bonds. The van der Waals surface area contributed by atoms with Crippen molar-refractivity contribution >= 4 is 11.6 Å². The molecule has 0 spiro atoms. The molecule has 2 heterocycles. The maximum atomic E-state index is 14.2. The third kappa shape index (κ3) is 6.62. The first-order valence-electron chi connectivity index (χ1n) is 14.2. The van der Waals surface area contributed by atoms with Crippen molar-refractivity contribution in [1.82, 2.24) is 15.0 Å². The number of nitrogens with zero attached hydrogens (tertiary/aromatic N) is 3. The van der Waals surface area contributed by atoms with Crippen LogP contribution in [0.1, 0.15) is 81.9 Å². The van der Waals surface area contributed by atoms with Crippen molar-refractivity contribution in [3.05, 3.63) is 71.6 Å². The van der Waals surface area contributed by atoms with E-state index in [0.29, 0.717) is 31.6 Å². The quantitative estimate of drug-likeness (QED) is 0.305. The molecule has 1 N–H and O–H groups in total. The van der Waals surface area contributed by atoms with Gasteiger partial charge in [0, 0.05) is 49.9 Å². The maximum absolute atomic E-state index is 14.2. The molecule has 2 aliphatic rings. The van der Waals surface area contributed by atoms with Crippen LogP contribution in [0.4, 0.5) is 8.78 Å². The summed E-state index contributed by atoms with van der Waals surface area (Å²) in [7, 11) is 0. The second-order valence-electron chi connectivity index (χ2n) is 12.9. The van der Waals surface area contributed by atoms with Gasteiger partial charge in [-0.3, -0.25) is 14.5 Å². The summed E-state index contributed by atoms with van der Waals surface area (Å²) in [5.41, 5.74) is -0.593. The van der Waals surface area contributed by atoms with Crippen molar-refractivity contribution in [1.29, 1.82) is 0 Å². The van der Waals surface area contributed by atoms with Crippen LogP contribution in [0.2, 0.25) is 0 Å². The van der Waals surface area contributed by atoms with Gasteiger partial charge in [0.05, 0.1) is 11.2 Å². The summed E-state index contributed by atoms with van der Waals surface area (Å²) in [6, 6.07) is 13.2. The molecule has 9 heteroatoms. The minimum Gasteiger partial charge on any atom is -0.390 e. The smallest absolute Gasteiger partial charge is 0.261 e. The van der Waals surface area contributed by atoms with Crippen LogP contribution in [0.3, 0.4) is 0 Å². The highest BCUT2D eigenvalue weighted by Gasteiger charge is 2.49. The van der Waals surface area contributed by atoms with E-state index in [2.05, 4.69) is 28.9 Å². The average molecular weight is 566 g/mol. The van der Waals surface area contributed by atoms with Crippen molar-refractivity contribution < 1.29 is 28.0 Å². The van der Waals surface area contributed by atoms with Crippen LogP contribution in [0.5, 0.6) is 0 Å². The number of Topliss-reactive ketones (excluding diaryl/α,β-unsaturated/α-hetero) is 2. The maximum Gasteiger partial charge on any atom is 0.261 e. The van der Waals surface area contributed by atoms with Gasteiger partial charge in [-0.1, -0.05) is 49.3 Å². The lowest BCUT2D eigenvalue weighted by Gasteiger charge is -2.54. The van der Waals surface area contributed by atoms with E-state index in [1.54, 1.807) is 0 Å². The van der Waals surface area contributed by atoms with Crippen LogP contribution in [0, 0.1) is 17.0 Å². The number of carbonyl (C=O) groups is 2. The largest absolute Gasteiger partial charge is 0.390 e. The second-order valence-corrected chi connectivity index (χ2v) is 12.9. The summed E-state index contributed by atoms with van der Waals surface area (Å²) in [5.74, 6) is -2.29. The van der Waals surface area contributed by atoms with Crippen LogP contribution in [-0.2, 0) is 10.2 Å². The molecule has 0 atom stereocenters. The number of ketones is 2. The molecule has 0 radical (unpaired) electrons. The Bertz CT molecular complexity index is 1400. The molecule has 0 bridgehead atoms. The fraction of sp³-hybridized carbons (Fsp3) is 0.500. The van der Waals surface area contributed by atoms with Crippen molar-refractivity contribution in [3.8, 4) is 11.5 Å². The molecule has 1 saturated carbocycles. The highest BCUT2D eigenvalue weighted by atomic mass is 19.1. The zero-order valence-corrected chi connectivity index (χ0v) is 23.8. The van der Waals surface area contributed by atoms with Gasteiger partial charge in [0.2, 0.25) is 11.6 Å². The van der Waals surface area contributed by atoms with Crippen molar-refractivity contribution in [2.75, 3.05) is 13.1 Å². The summed E-state index contributed by atoms with van der Waals surface area (Å²) >= 11 is 0. The zero-order valence-electron chi connectivity index (χ0n) is 23.8. The molecule has 5 rings (SSSR count). The standard InChI is InChI=1S/C32H37F2N3O4/c1-30(2,21-7-5-4-6-8-21)16-24(38)17-32(19-37(20-32)23-11-13-31(3,40)14-12-23)18-27(39)28-35-29(41-36-28)25-10-9-22(33)15-26(25)34/h4-10,15,23,40H,11-14,16-20H2,1-3H3. The van der Waals surface area contributed by atoms with Gasteiger partial charge < -0.3 is 9.63 Å². The van der Waals surface area contributed by atoms with Crippen LogP contribution in [0.25, 0.3) is 11.5 Å². The fourth-order valence-corrected chi connectivity index (χ4v) is 6.44. The second kappa shape index (κ2) is 11.2. The van der Waals surface area contributed by atoms with E-state index in [-0.39, 0.29) is 47.1 Å². The van der Waals surface area contributed by atoms with Crippen molar-refractivity contribution in [2.24, 2.45) is 5.41 Å². The summed E-state index contributed by atoms with van der Waals surface area (Å²) < 4.78 is 32.7. The SMILES string of the molecule is CC1(O)CCC(N2CC(CC(=O)CC(C)(C)c3ccccc3)(CC(=O)c3noc(-c4ccc(F)cc4F)n3)C2)CC1. The molecule has 1 aromatic heterocycles. The monoisotopic (exact) mass is 565 g/mol. The Balaban J connectivity index is 1.31. The Morgan fingerprint density at radius 3 is 2.41 bits per heavy atom. The van der Waals surface area contributed by atoms with Gasteiger partial charge in [-0.15, -0.1) is 0 Å². The van der Waals surface area contributed by atoms with Crippen molar-refractivity contribution in [3.63, 3.8) is 0 Å². The first-order chi connectivity index (χ1) is 19.3. The third-order valence-electron chi connectivity index (χ3n) is 8.76. The Labute approximate surface area is 238 Å². The van der Waals surface area contributed by atoms with Gasteiger partial charge in [-0.05, 0) is 55.7 Å². The molecule has 1 saturated heterocycles. The number of aliphatic hydroxyl groups is 1. The molecule has 41 heavy (non-hydrogen) atoms. The highest BCUT2D eigenvalue weighted by Crippen LogP contribution is 2.44. The minimum atomic E-state index is -0.864. The van der Waals surface area contributed by atoms with E-state index in [1.807, 2.05) is 37.3 Å². The molecular formula is C32H37F2N3O4. The van der Waals surface area contributed by atoms with Gasteiger partial charge in [0.25, 0.3) is 5.89 Å². The summed E-state index contributed by atoms with van der Waals surface area (Å²) in [6.07, 6.45) is 3.80. The van der Waals surface area contributed by atoms with E-state index in [1.165, 1.54) is 6.07 Å². The van der Waals surface area contributed by atoms with E-state index >= 15 is 0 Å². The molecule has 1 aliphatic carbocycles. The highest BCUT2D eigenvalue weighted by molar-refractivity contribution is 5.94. The van der Waals surface area contributed by atoms with Gasteiger partial charge >= 0.3 is 0 Å². The number of benzene rings is 2. The van der Waals surface area contributed by atoms with Gasteiger partial charge in [0.1, 0.15) is 17.4 Å². The Hall–Kier alpha value is -3.30. The number of halogens is 2. The molecule has 3 aromatic rings. The molecule has 1 aliphatic heterocycles. The number of aromatic nitrogens is 2. The van der Waals surface area contributed by atoms with E-state index in [0.717, 1.165) is 37.3 Å². The molecule has 2 aromatic carbocycles. The Morgan fingerprint density at radius 2 is 1.76 bits per heavy atom. The number of rotatable bonds is 10. The van der Waals surface area contributed by atoms with E-state index in [9.17, 15) is 23.5 Å². The molecule has 7 nitrogen and oxygen atoms in total. The predicted molar refractivity (Wildman–Crippen MR) is 149 cm³/mol. The Morgan fingerprint density at radius 1 is 1.07 bits per heavy atom. The molecule has 218 valence electrons. The topological polar surface area (TPSA) is 96.5 Å². The summed E-state index contributed by atoms with van der Waals surface area (Å²) in [5, 5.41) is 14.2. The first-order valence-corrected chi connectivity index (χ1v) is 14.2. The minimum absolute atomic E-state index is 0.0519. The number of hydrogen-bond donors (Lipinski definition) is 1. The van der Waals surface area contributed by atoms with Crippen LogP contribution < -0.4 is 0 Å².